The lowest BCUT2D eigenvalue weighted by atomic mass is 10.1. The Balaban J connectivity index is 3.02. The fourth-order valence-electron chi connectivity index (χ4n) is 1.23. The average Bonchev–Trinajstić information content (AvgIpc) is 2.09. The van der Waals surface area contributed by atoms with Gasteiger partial charge in [0, 0.05) is 15.2 Å². The van der Waals surface area contributed by atoms with Crippen molar-refractivity contribution in [3.63, 3.8) is 0 Å². The molecule has 0 aliphatic rings. The molecule has 0 saturated carbocycles. The lowest BCUT2D eigenvalue weighted by molar-refractivity contribution is -0.136. The maximum Gasteiger partial charge on any atom is 0.307 e. The summed E-state index contributed by atoms with van der Waals surface area (Å²) in [7, 11) is 0. The number of thioether (sulfide) groups is 1. The van der Waals surface area contributed by atoms with E-state index in [0.717, 1.165) is 4.90 Å². The molecule has 2 nitrogen and oxygen atoms in total. The zero-order chi connectivity index (χ0) is 11.4. The monoisotopic (exact) mass is 244 g/mol. The van der Waals surface area contributed by atoms with Gasteiger partial charge < -0.3 is 5.11 Å². The van der Waals surface area contributed by atoms with Crippen molar-refractivity contribution in [3.05, 3.63) is 28.8 Å². The molecule has 0 aliphatic heterocycles. The molecule has 0 aromatic heterocycles. The number of benzene rings is 1. The maximum atomic E-state index is 10.7. The van der Waals surface area contributed by atoms with Gasteiger partial charge in [-0.1, -0.05) is 31.5 Å². The number of halogens is 1. The average molecular weight is 245 g/mol. The standard InChI is InChI=1S/C11H13ClO2S/c1-7(2)15-10-5-3-4-9(12)8(10)6-11(13)14/h3-5,7H,6H2,1-2H3,(H,13,14). The minimum atomic E-state index is -0.853. The van der Waals surface area contributed by atoms with Crippen LogP contribution in [0.1, 0.15) is 19.4 Å². The van der Waals surface area contributed by atoms with E-state index in [0.29, 0.717) is 15.8 Å². The third kappa shape index (κ3) is 3.76. The van der Waals surface area contributed by atoms with Crippen molar-refractivity contribution in [2.45, 2.75) is 30.4 Å². The largest absolute Gasteiger partial charge is 0.481 e. The van der Waals surface area contributed by atoms with Crippen molar-refractivity contribution in [2.24, 2.45) is 0 Å². The first kappa shape index (κ1) is 12.4. The van der Waals surface area contributed by atoms with Gasteiger partial charge in [-0.05, 0) is 17.7 Å². The van der Waals surface area contributed by atoms with Crippen LogP contribution in [-0.2, 0) is 11.2 Å². The minimum Gasteiger partial charge on any atom is -0.481 e. The molecule has 15 heavy (non-hydrogen) atoms. The van der Waals surface area contributed by atoms with Gasteiger partial charge in [-0.25, -0.2) is 0 Å². The zero-order valence-electron chi connectivity index (χ0n) is 8.66. The van der Waals surface area contributed by atoms with E-state index >= 15 is 0 Å². The first-order chi connectivity index (χ1) is 7.00. The molecule has 0 fully saturated rings. The smallest absolute Gasteiger partial charge is 0.307 e. The molecule has 1 aromatic rings. The van der Waals surface area contributed by atoms with E-state index < -0.39 is 5.97 Å². The number of hydrogen-bond donors (Lipinski definition) is 1. The van der Waals surface area contributed by atoms with Crippen molar-refractivity contribution in [1.29, 1.82) is 0 Å². The van der Waals surface area contributed by atoms with E-state index in [4.69, 9.17) is 16.7 Å². The van der Waals surface area contributed by atoms with Gasteiger partial charge in [0.15, 0.2) is 0 Å². The highest BCUT2D eigenvalue weighted by Crippen LogP contribution is 2.31. The summed E-state index contributed by atoms with van der Waals surface area (Å²) in [5.74, 6) is -0.853. The highest BCUT2D eigenvalue weighted by Gasteiger charge is 2.12. The van der Waals surface area contributed by atoms with Crippen LogP contribution in [0.3, 0.4) is 0 Å². The summed E-state index contributed by atoms with van der Waals surface area (Å²) in [6, 6.07) is 5.48. The Hall–Kier alpha value is -0.670. The van der Waals surface area contributed by atoms with Crippen LogP contribution in [0.5, 0.6) is 0 Å². The molecule has 0 aliphatic carbocycles. The summed E-state index contributed by atoms with van der Waals surface area (Å²) < 4.78 is 0. The third-order valence-corrected chi connectivity index (χ3v) is 3.23. The molecule has 4 heteroatoms. The number of hydrogen-bond acceptors (Lipinski definition) is 2. The lowest BCUT2D eigenvalue weighted by Crippen LogP contribution is -2.03. The lowest BCUT2D eigenvalue weighted by Gasteiger charge is -2.11. The molecule has 0 amide bonds. The van der Waals surface area contributed by atoms with E-state index in [-0.39, 0.29) is 6.42 Å². The number of carboxylic acids is 1. The fraction of sp³-hybridized carbons (Fsp3) is 0.364. The van der Waals surface area contributed by atoms with E-state index in [1.807, 2.05) is 12.1 Å². The topological polar surface area (TPSA) is 37.3 Å². The van der Waals surface area contributed by atoms with E-state index in [1.165, 1.54) is 0 Å². The first-order valence-corrected chi connectivity index (χ1v) is 5.92. The van der Waals surface area contributed by atoms with Crippen molar-refractivity contribution in [2.75, 3.05) is 0 Å². The molecule has 1 N–H and O–H groups in total. The number of rotatable bonds is 4. The highest BCUT2D eigenvalue weighted by molar-refractivity contribution is 8.00. The summed E-state index contributed by atoms with van der Waals surface area (Å²) in [4.78, 5) is 11.6. The van der Waals surface area contributed by atoms with Crippen molar-refractivity contribution in [1.82, 2.24) is 0 Å². The van der Waals surface area contributed by atoms with Crippen LogP contribution in [0, 0.1) is 0 Å². The van der Waals surface area contributed by atoms with Gasteiger partial charge in [-0.2, -0.15) is 0 Å². The second-order valence-electron chi connectivity index (χ2n) is 3.45. The van der Waals surface area contributed by atoms with Crippen molar-refractivity contribution >= 4 is 29.3 Å². The molecule has 0 saturated heterocycles. The van der Waals surface area contributed by atoms with E-state index in [9.17, 15) is 4.79 Å². The Morgan fingerprint density at radius 1 is 1.53 bits per heavy atom. The van der Waals surface area contributed by atoms with Crippen LogP contribution in [0.2, 0.25) is 5.02 Å². The predicted octanol–water partition coefficient (Wildman–Crippen LogP) is 3.47. The molecule has 0 spiro atoms. The molecule has 1 aromatic carbocycles. The van der Waals surface area contributed by atoms with Crippen LogP contribution in [0.15, 0.2) is 23.1 Å². The van der Waals surface area contributed by atoms with Crippen LogP contribution in [-0.4, -0.2) is 16.3 Å². The number of aliphatic carboxylic acids is 1. The molecule has 0 unspecified atom stereocenters. The van der Waals surface area contributed by atoms with Gasteiger partial charge in [0.05, 0.1) is 6.42 Å². The quantitative estimate of drug-likeness (QED) is 0.825. The number of carboxylic acid groups (broad SMARTS) is 1. The summed E-state index contributed by atoms with van der Waals surface area (Å²) in [5.41, 5.74) is 0.713. The second-order valence-corrected chi connectivity index (χ2v) is 5.48. The second kappa shape index (κ2) is 5.42. The molecule has 0 heterocycles. The highest BCUT2D eigenvalue weighted by atomic mass is 35.5. The van der Waals surface area contributed by atoms with Gasteiger partial charge in [0.2, 0.25) is 0 Å². The Morgan fingerprint density at radius 3 is 2.73 bits per heavy atom. The van der Waals surface area contributed by atoms with Gasteiger partial charge in [0.1, 0.15) is 0 Å². The zero-order valence-corrected chi connectivity index (χ0v) is 10.2. The van der Waals surface area contributed by atoms with Crippen LogP contribution >= 0.6 is 23.4 Å². The Labute approximate surface area is 98.6 Å². The van der Waals surface area contributed by atoms with Crippen LogP contribution in [0.4, 0.5) is 0 Å². The number of carbonyl (C=O) groups is 1. The third-order valence-electron chi connectivity index (χ3n) is 1.77. The Kier molecular flexibility index (Phi) is 4.48. The Bertz CT molecular complexity index is 364. The van der Waals surface area contributed by atoms with Crippen molar-refractivity contribution in [3.8, 4) is 0 Å². The Morgan fingerprint density at radius 2 is 2.20 bits per heavy atom. The molecule has 0 atom stereocenters. The summed E-state index contributed by atoms with van der Waals surface area (Å²) in [6.07, 6.45) is -0.0191. The molecular weight excluding hydrogens is 232 g/mol. The van der Waals surface area contributed by atoms with Gasteiger partial charge in [-0.3, -0.25) is 4.79 Å². The van der Waals surface area contributed by atoms with Gasteiger partial charge >= 0.3 is 5.97 Å². The van der Waals surface area contributed by atoms with Gasteiger partial charge in [-0.15, -0.1) is 11.8 Å². The predicted molar refractivity (Wildman–Crippen MR) is 63.8 cm³/mol. The summed E-state index contributed by atoms with van der Waals surface area (Å²) in [6.45, 7) is 4.13. The summed E-state index contributed by atoms with van der Waals surface area (Å²) >= 11 is 7.61. The van der Waals surface area contributed by atoms with Gasteiger partial charge in [0.25, 0.3) is 0 Å². The molecule has 0 radical (unpaired) electrons. The van der Waals surface area contributed by atoms with E-state index in [2.05, 4.69) is 13.8 Å². The summed E-state index contributed by atoms with van der Waals surface area (Å²) in [5, 5.41) is 9.73. The molecular formula is C11H13ClO2S. The fourth-order valence-corrected chi connectivity index (χ4v) is 2.51. The first-order valence-electron chi connectivity index (χ1n) is 4.66. The molecule has 82 valence electrons. The van der Waals surface area contributed by atoms with Crippen molar-refractivity contribution < 1.29 is 9.90 Å². The SMILES string of the molecule is CC(C)Sc1cccc(Cl)c1CC(=O)O. The maximum absolute atomic E-state index is 10.7. The normalized spacial score (nSPS) is 10.7. The minimum absolute atomic E-state index is 0.0191. The van der Waals surface area contributed by atoms with Crippen LogP contribution < -0.4 is 0 Å². The van der Waals surface area contributed by atoms with Crippen LogP contribution in [0.25, 0.3) is 0 Å². The molecule has 1 rings (SSSR count). The molecule has 0 bridgehead atoms. The van der Waals surface area contributed by atoms with E-state index in [1.54, 1.807) is 17.8 Å².